The molecule has 1 saturated heterocycles. The van der Waals surface area contributed by atoms with Gasteiger partial charge in [-0.2, -0.15) is 0 Å². The molecule has 0 aromatic carbocycles. The Bertz CT molecular complexity index is 339. The zero-order chi connectivity index (χ0) is 14.6. The maximum absolute atomic E-state index is 11.9. The number of likely N-dealkylation sites (tertiary alicyclic amines) is 1. The van der Waals surface area contributed by atoms with Gasteiger partial charge in [0.05, 0.1) is 12.6 Å². The van der Waals surface area contributed by atoms with Crippen LogP contribution in [0.5, 0.6) is 0 Å². The summed E-state index contributed by atoms with van der Waals surface area (Å²) < 4.78 is 5.33. The summed E-state index contributed by atoms with van der Waals surface area (Å²) in [6, 6.07) is 0.0496. The molecule has 1 aliphatic heterocycles. The molecule has 0 unspecified atom stereocenters. The van der Waals surface area contributed by atoms with E-state index < -0.39 is 5.60 Å². The Balaban J connectivity index is 2.57. The average Bonchev–Trinajstić information content (AvgIpc) is 2.77. The van der Waals surface area contributed by atoms with Crippen molar-refractivity contribution in [3.05, 3.63) is 0 Å². The minimum absolute atomic E-state index is 0.0107. The lowest BCUT2D eigenvalue weighted by Crippen LogP contribution is -2.45. The second-order valence-electron chi connectivity index (χ2n) is 5.75. The van der Waals surface area contributed by atoms with Crippen molar-refractivity contribution in [2.75, 3.05) is 26.2 Å². The number of carbonyl (C=O) groups excluding carboxylic acids is 2. The summed E-state index contributed by atoms with van der Waals surface area (Å²) in [4.78, 5) is 27.0. The SMILES string of the molecule is CCN(C(=O)CN)[C@@H]1CCN(C(=O)OC(C)(C)C)C1. The molecule has 0 saturated carbocycles. The van der Waals surface area contributed by atoms with Gasteiger partial charge < -0.3 is 20.3 Å². The second-order valence-corrected chi connectivity index (χ2v) is 5.75. The van der Waals surface area contributed by atoms with Crippen LogP contribution in [-0.4, -0.2) is 59.6 Å². The molecule has 1 aliphatic rings. The first-order valence-electron chi connectivity index (χ1n) is 6.76. The van der Waals surface area contributed by atoms with Crippen molar-refractivity contribution in [3.63, 3.8) is 0 Å². The van der Waals surface area contributed by atoms with Gasteiger partial charge in [-0.15, -0.1) is 0 Å². The molecule has 6 heteroatoms. The van der Waals surface area contributed by atoms with Crippen LogP contribution >= 0.6 is 0 Å². The minimum Gasteiger partial charge on any atom is -0.444 e. The first-order chi connectivity index (χ1) is 8.78. The van der Waals surface area contributed by atoms with Crippen LogP contribution in [0.2, 0.25) is 0 Å². The molecular weight excluding hydrogens is 246 g/mol. The van der Waals surface area contributed by atoms with E-state index in [-0.39, 0.29) is 24.6 Å². The lowest BCUT2D eigenvalue weighted by atomic mass is 10.2. The molecule has 2 amide bonds. The molecule has 0 radical (unpaired) electrons. The highest BCUT2D eigenvalue weighted by Crippen LogP contribution is 2.18. The summed E-state index contributed by atoms with van der Waals surface area (Å²) >= 11 is 0. The average molecular weight is 271 g/mol. The summed E-state index contributed by atoms with van der Waals surface area (Å²) in [5.41, 5.74) is 4.90. The molecule has 0 spiro atoms. The summed E-state index contributed by atoms with van der Waals surface area (Å²) in [7, 11) is 0. The molecular formula is C13H25N3O3. The Kier molecular flexibility index (Phi) is 5.17. The van der Waals surface area contributed by atoms with Crippen LogP contribution in [0.1, 0.15) is 34.1 Å². The Morgan fingerprint density at radius 1 is 1.42 bits per heavy atom. The summed E-state index contributed by atoms with van der Waals surface area (Å²) in [6.07, 6.45) is 0.463. The smallest absolute Gasteiger partial charge is 0.410 e. The molecule has 0 aromatic heterocycles. The predicted octanol–water partition coefficient (Wildman–Crippen LogP) is 0.803. The zero-order valence-electron chi connectivity index (χ0n) is 12.3. The summed E-state index contributed by atoms with van der Waals surface area (Å²) in [5.74, 6) is -0.0708. The molecule has 110 valence electrons. The van der Waals surface area contributed by atoms with Crippen molar-refractivity contribution in [2.45, 2.75) is 45.8 Å². The fourth-order valence-corrected chi connectivity index (χ4v) is 2.24. The van der Waals surface area contributed by atoms with E-state index in [9.17, 15) is 9.59 Å². The van der Waals surface area contributed by atoms with Crippen LogP contribution in [0.3, 0.4) is 0 Å². The van der Waals surface area contributed by atoms with Gasteiger partial charge in [-0.05, 0) is 34.1 Å². The first-order valence-corrected chi connectivity index (χ1v) is 6.76. The van der Waals surface area contributed by atoms with Crippen LogP contribution in [-0.2, 0) is 9.53 Å². The lowest BCUT2D eigenvalue weighted by molar-refractivity contribution is -0.131. The van der Waals surface area contributed by atoms with E-state index in [4.69, 9.17) is 10.5 Å². The van der Waals surface area contributed by atoms with Crippen molar-refractivity contribution in [1.82, 2.24) is 9.80 Å². The zero-order valence-corrected chi connectivity index (χ0v) is 12.3. The van der Waals surface area contributed by atoms with E-state index >= 15 is 0 Å². The molecule has 1 atom stereocenters. The van der Waals surface area contributed by atoms with Crippen molar-refractivity contribution in [3.8, 4) is 0 Å². The third-order valence-electron chi connectivity index (χ3n) is 3.09. The normalized spacial score (nSPS) is 19.4. The van der Waals surface area contributed by atoms with Crippen LogP contribution < -0.4 is 5.73 Å². The molecule has 1 fully saturated rings. The third kappa shape index (κ3) is 4.38. The van der Waals surface area contributed by atoms with Crippen molar-refractivity contribution >= 4 is 12.0 Å². The first kappa shape index (κ1) is 15.8. The molecule has 0 aliphatic carbocycles. The van der Waals surface area contributed by atoms with Gasteiger partial charge in [0.1, 0.15) is 5.60 Å². The number of carbonyl (C=O) groups is 2. The highest BCUT2D eigenvalue weighted by Gasteiger charge is 2.33. The van der Waals surface area contributed by atoms with Crippen molar-refractivity contribution in [1.29, 1.82) is 0 Å². The Hall–Kier alpha value is -1.30. The van der Waals surface area contributed by atoms with Crippen LogP contribution in [0, 0.1) is 0 Å². The van der Waals surface area contributed by atoms with Gasteiger partial charge in [0, 0.05) is 19.6 Å². The van der Waals surface area contributed by atoms with Gasteiger partial charge in [-0.1, -0.05) is 0 Å². The third-order valence-corrected chi connectivity index (χ3v) is 3.09. The van der Waals surface area contributed by atoms with Crippen LogP contribution in [0.25, 0.3) is 0 Å². The highest BCUT2D eigenvalue weighted by molar-refractivity contribution is 5.78. The van der Waals surface area contributed by atoms with E-state index in [1.165, 1.54) is 0 Å². The Morgan fingerprint density at radius 3 is 2.53 bits per heavy atom. The van der Waals surface area contributed by atoms with Gasteiger partial charge in [0.2, 0.25) is 5.91 Å². The van der Waals surface area contributed by atoms with E-state index in [0.717, 1.165) is 6.42 Å². The van der Waals surface area contributed by atoms with Gasteiger partial charge in [-0.25, -0.2) is 4.79 Å². The Morgan fingerprint density at radius 2 is 2.05 bits per heavy atom. The van der Waals surface area contributed by atoms with Crippen molar-refractivity contribution < 1.29 is 14.3 Å². The van der Waals surface area contributed by atoms with Crippen LogP contribution in [0.15, 0.2) is 0 Å². The number of nitrogens with two attached hydrogens (primary N) is 1. The number of hydrogen-bond donors (Lipinski definition) is 1. The van der Waals surface area contributed by atoms with Gasteiger partial charge in [-0.3, -0.25) is 4.79 Å². The molecule has 19 heavy (non-hydrogen) atoms. The highest BCUT2D eigenvalue weighted by atomic mass is 16.6. The standard InChI is InChI=1S/C13H25N3O3/c1-5-16(11(17)8-14)10-6-7-15(9-10)12(18)19-13(2,3)4/h10H,5-9,14H2,1-4H3/t10-/m1/s1. The number of ether oxygens (including phenoxy) is 1. The van der Waals surface area contributed by atoms with Crippen molar-refractivity contribution in [2.24, 2.45) is 5.73 Å². The fourth-order valence-electron chi connectivity index (χ4n) is 2.24. The summed E-state index contributed by atoms with van der Waals surface area (Å²) in [5, 5.41) is 0. The topological polar surface area (TPSA) is 75.9 Å². The summed E-state index contributed by atoms with van der Waals surface area (Å²) in [6.45, 7) is 9.21. The quantitative estimate of drug-likeness (QED) is 0.824. The molecule has 2 N–H and O–H groups in total. The second kappa shape index (κ2) is 6.23. The predicted molar refractivity (Wildman–Crippen MR) is 72.7 cm³/mol. The number of hydrogen-bond acceptors (Lipinski definition) is 4. The van der Waals surface area contributed by atoms with Gasteiger partial charge in [0.15, 0.2) is 0 Å². The molecule has 6 nitrogen and oxygen atoms in total. The van der Waals surface area contributed by atoms with Gasteiger partial charge in [0.25, 0.3) is 0 Å². The number of likely N-dealkylation sites (N-methyl/N-ethyl adjacent to an activating group) is 1. The number of amides is 2. The minimum atomic E-state index is -0.493. The van der Waals surface area contributed by atoms with E-state index in [1.54, 1.807) is 9.80 Å². The monoisotopic (exact) mass is 271 g/mol. The maximum Gasteiger partial charge on any atom is 0.410 e. The molecule has 0 aromatic rings. The maximum atomic E-state index is 11.9. The molecule has 0 bridgehead atoms. The largest absolute Gasteiger partial charge is 0.444 e. The molecule has 1 heterocycles. The van der Waals surface area contributed by atoms with E-state index in [0.29, 0.717) is 19.6 Å². The van der Waals surface area contributed by atoms with E-state index in [2.05, 4.69) is 0 Å². The Labute approximate surface area is 114 Å². The number of rotatable bonds is 3. The lowest BCUT2D eigenvalue weighted by Gasteiger charge is -2.28. The fraction of sp³-hybridized carbons (Fsp3) is 0.846. The van der Waals surface area contributed by atoms with Gasteiger partial charge >= 0.3 is 6.09 Å². The molecule has 1 rings (SSSR count). The van der Waals surface area contributed by atoms with E-state index in [1.807, 2.05) is 27.7 Å². The number of nitrogens with zero attached hydrogens (tertiary/aromatic N) is 2. The van der Waals surface area contributed by atoms with Crippen LogP contribution in [0.4, 0.5) is 4.79 Å².